The van der Waals surface area contributed by atoms with Gasteiger partial charge in [-0.05, 0) is 37.6 Å². The molecule has 5 heteroatoms. The molecule has 0 radical (unpaired) electrons. The van der Waals surface area contributed by atoms with Crippen molar-refractivity contribution in [2.75, 3.05) is 0 Å². The van der Waals surface area contributed by atoms with Gasteiger partial charge in [-0.25, -0.2) is 4.99 Å². The first kappa shape index (κ1) is 13.0. The van der Waals surface area contributed by atoms with Crippen molar-refractivity contribution < 1.29 is 4.92 Å². The molecule has 0 spiro atoms. The normalized spacial score (nSPS) is 11.1. The van der Waals surface area contributed by atoms with Crippen LogP contribution in [0.15, 0.2) is 41.5 Å². The van der Waals surface area contributed by atoms with Gasteiger partial charge in [0.05, 0.1) is 16.8 Å². The largest absolute Gasteiger partial charge is 0.347 e. The molecule has 2 aromatic rings. The second kappa shape index (κ2) is 5.48. The third-order valence-electron chi connectivity index (χ3n) is 2.87. The van der Waals surface area contributed by atoms with Crippen molar-refractivity contribution in [3.05, 3.63) is 57.9 Å². The summed E-state index contributed by atoms with van der Waals surface area (Å²) in [6.07, 6.45) is 3.60. The molecule has 1 aromatic heterocycles. The molecule has 0 N–H and O–H groups in total. The van der Waals surface area contributed by atoms with Gasteiger partial charge in [0.2, 0.25) is 0 Å². The predicted octanol–water partition coefficient (Wildman–Crippen LogP) is 3.48. The van der Waals surface area contributed by atoms with Crippen LogP contribution in [0.25, 0.3) is 0 Å². The van der Waals surface area contributed by atoms with E-state index in [0.717, 1.165) is 17.8 Å². The van der Waals surface area contributed by atoms with E-state index in [9.17, 15) is 10.1 Å². The van der Waals surface area contributed by atoms with E-state index >= 15 is 0 Å². The van der Waals surface area contributed by atoms with E-state index in [1.165, 1.54) is 6.07 Å². The number of benzene rings is 1. The van der Waals surface area contributed by atoms with E-state index in [4.69, 9.17) is 0 Å². The fraction of sp³-hybridized carbons (Fsp3) is 0.214. The van der Waals surface area contributed by atoms with Gasteiger partial charge >= 0.3 is 0 Å². The van der Waals surface area contributed by atoms with E-state index in [2.05, 4.69) is 4.99 Å². The summed E-state index contributed by atoms with van der Waals surface area (Å²) in [6.45, 7) is 4.69. The van der Waals surface area contributed by atoms with Crippen molar-refractivity contribution in [2.45, 2.75) is 20.4 Å². The highest BCUT2D eigenvalue weighted by molar-refractivity contribution is 5.81. The molecular formula is C14H15N3O2. The molecule has 0 fully saturated rings. The van der Waals surface area contributed by atoms with E-state index in [0.29, 0.717) is 5.69 Å². The Labute approximate surface area is 111 Å². The summed E-state index contributed by atoms with van der Waals surface area (Å²) in [4.78, 5) is 14.8. The minimum Gasteiger partial charge on any atom is -0.347 e. The van der Waals surface area contributed by atoms with Gasteiger partial charge in [0, 0.05) is 18.8 Å². The van der Waals surface area contributed by atoms with Crippen LogP contribution in [0.3, 0.4) is 0 Å². The Morgan fingerprint density at radius 2 is 2.21 bits per heavy atom. The molecule has 19 heavy (non-hydrogen) atoms. The van der Waals surface area contributed by atoms with Gasteiger partial charge in [-0.3, -0.25) is 10.1 Å². The van der Waals surface area contributed by atoms with Gasteiger partial charge in [0.1, 0.15) is 5.69 Å². The summed E-state index contributed by atoms with van der Waals surface area (Å²) >= 11 is 0. The zero-order valence-electron chi connectivity index (χ0n) is 10.9. The number of aliphatic imine (C=N–C) groups is 1. The van der Waals surface area contributed by atoms with Crippen LogP contribution in [0.1, 0.15) is 18.2 Å². The summed E-state index contributed by atoms with van der Waals surface area (Å²) in [5.41, 5.74) is 2.19. The first-order valence-corrected chi connectivity index (χ1v) is 6.06. The lowest BCUT2D eigenvalue weighted by atomic mass is 10.2. The van der Waals surface area contributed by atoms with Crippen LogP contribution < -0.4 is 0 Å². The number of aryl methyl sites for hydroxylation is 2. The highest BCUT2D eigenvalue weighted by atomic mass is 16.6. The maximum Gasteiger partial charge on any atom is 0.295 e. The lowest BCUT2D eigenvalue weighted by Crippen LogP contribution is -1.97. The van der Waals surface area contributed by atoms with Crippen molar-refractivity contribution in [2.24, 2.45) is 4.99 Å². The molecule has 5 nitrogen and oxygen atoms in total. The number of aromatic nitrogens is 1. The van der Waals surface area contributed by atoms with E-state index in [1.807, 2.05) is 42.8 Å². The second-order valence-electron chi connectivity index (χ2n) is 4.23. The number of nitro groups is 1. The Bertz CT molecular complexity index is 629. The quantitative estimate of drug-likeness (QED) is 0.478. The predicted molar refractivity (Wildman–Crippen MR) is 75.2 cm³/mol. The summed E-state index contributed by atoms with van der Waals surface area (Å²) in [7, 11) is 0. The second-order valence-corrected chi connectivity index (χ2v) is 4.23. The molecule has 2 rings (SSSR count). The van der Waals surface area contributed by atoms with Crippen LogP contribution in [-0.2, 0) is 6.54 Å². The number of nitrogens with zero attached hydrogens (tertiary/aromatic N) is 3. The summed E-state index contributed by atoms with van der Waals surface area (Å²) in [5.74, 6) is 0. The third kappa shape index (κ3) is 2.88. The molecule has 0 bridgehead atoms. The molecule has 1 aromatic carbocycles. The maximum absolute atomic E-state index is 11.0. The third-order valence-corrected chi connectivity index (χ3v) is 2.87. The highest BCUT2D eigenvalue weighted by Gasteiger charge is 2.12. The molecule has 0 aliphatic rings. The summed E-state index contributed by atoms with van der Waals surface area (Å²) in [6, 6.07) is 8.87. The molecule has 0 amide bonds. The van der Waals surface area contributed by atoms with Gasteiger partial charge in [-0.1, -0.05) is 6.07 Å². The Hall–Kier alpha value is -2.43. The van der Waals surface area contributed by atoms with Crippen LogP contribution in [0.2, 0.25) is 0 Å². The van der Waals surface area contributed by atoms with Crippen molar-refractivity contribution in [1.29, 1.82) is 0 Å². The molecule has 98 valence electrons. The van der Waals surface area contributed by atoms with E-state index in [1.54, 1.807) is 12.3 Å². The Balaban J connectivity index is 2.36. The number of rotatable bonds is 4. The van der Waals surface area contributed by atoms with Gasteiger partial charge in [-0.15, -0.1) is 0 Å². The summed E-state index contributed by atoms with van der Waals surface area (Å²) < 4.78 is 2.02. The molecular weight excluding hydrogens is 242 g/mol. The molecule has 0 atom stereocenters. The highest BCUT2D eigenvalue weighted by Crippen LogP contribution is 2.27. The first-order chi connectivity index (χ1) is 9.11. The van der Waals surface area contributed by atoms with Crippen LogP contribution >= 0.6 is 0 Å². The van der Waals surface area contributed by atoms with Crippen LogP contribution in [-0.4, -0.2) is 15.7 Å². The van der Waals surface area contributed by atoms with Crippen molar-refractivity contribution in [1.82, 2.24) is 4.57 Å². The van der Waals surface area contributed by atoms with E-state index in [-0.39, 0.29) is 5.69 Å². The van der Waals surface area contributed by atoms with Crippen LogP contribution in [0, 0.1) is 17.0 Å². The molecule has 1 heterocycles. The molecule has 0 saturated carbocycles. The van der Waals surface area contributed by atoms with Crippen molar-refractivity contribution in [3.63, 3.8) is 0 Å². The SMILES string of the molecule is CCn1cccc1C=Nc1ccc(C)cc1[N+](=O)[O-]. The van der Waals surface area contributed by atoms with Crippen molar-refractivity contribution >= 4 is 17.6 Å². The molecule has 0 aliphatic heterocycles. The fourth-order valence-corrected chi connectivity index (χ4v) is 1.86. The Kier molecular flexibility index (Phi) is 3.75. The average molecular weight is 257 g/mol. The number of hydrogen-bond donors (Lipinski definition) is 0. The lowest BCUT2D eigenvalue weighted by molar-refractivity contribution is -0.384. The number of hydrogen-bond acceptors (Lipinski definition) is 3. The number of nitro benzene ring substituents is 1. The fourth-order valence-electron chi connectivity index (χ4n) is 1.86. The minimum atomic E-state index is -0.404. The molecule has 0 saturated heterocycles. The van der Waals surface area contributed by atoms with Gasteiger partial charge < -0.3 is 4.57 Å². The Morgan fingerprint density at radius 3 is 2.89 bits per heavy atom. The zero-order chi connectivity index (χ0) is 13.8. The topological polar surface area (TPSA) is 60.4 Å². The first-order valence-electron chi connectivity index (χ1n) is 6.06. The zero-order valence-corrected chi connectivity index (χ0v) is 10.9. The van der Waals surface area contributed by atoms with Gasteiger partial charge in [0.25, 0.3) is 5.69 Å². The minimum absolute atomic E-state index is 0.0332. The lowest BCUT2D eigenvalue weighted by Gasteiger charge is -2.01. The van der Waals surface area contributed by atoms with Crippen molar-refractivity contribution in [3.8, 4) is 0 Å². The molecule has 0 aliphatic carbocycles. The van der Waals surface area contributed by atoms with Gasteiger partial charge in [-0.2, -0.15) is 0 Å². The monoisotopic (exact) mass is 257 g/mol. The summed E-state index contributed by atoms with van der Waals surface area (Å²) in [5, 5.41) is 11.0. The maximum atomic E-state index is 11.0. The van der Waals surface area contributed by atoms with Crippen LogP contribution in [0.5, 0.6) is 0 Å². The van der Waals surface area contributed by atoms with E-state index < -0.39 is 4.92 Å². The van der Waals surface area contributed by atoms with Crippen LogP contribution in [0.4, 0.5) is 11.4 Å². The average Bonchev–Trinajstić information content (AvgIpc) is 2.84. The standard InChI is InChI=1S/C14H15N3O2/c1-3-16-8-4-5-12(16)10-15-13-7-6-11(2)9-14(13)17(18)19/h4-10H,3H2,1-2H3. The Morgan fingerprint density at radius 1 is 1.42 bits per heavy atom. The molecule has 0 unspecified atom stereocenters. The van der Waals surface area contributed by atoms with Gasteiger partial charge in [0.15, 0.2) is 0 Å². The smallest absolute Gasteiger partial charge is 0.295 e.